The summed E-state index contributed by atoms with van der Waals surface area (Å²) in [4.78, 5) is 2.23. The molecule has 2 aliphatic rings. The summed E-state index contributed by atoms with van der Waals surface area (Å²) < 4.78 is 2.35. The normalized spacial score (nSPS) is 17.9. The molecular weight excluding hydrogens is 544 g/mol. The molecule has 1 heterocycles. The molecule has 3 heteroatoms. The third-order valence-corrected chi connectivity index (χ3v) is 9.79. The largest absolute Gasteiger partial charge is 0.351 e. The van der Waals surface area contributed by atoms with Gasteiger partial charge in [0.2, 0.25) is 5.69 Å². The lowest BCUT2D eigenvalue weighted by atomic mass is 9.79. The number of halogens is 1. The summed E-state index contributed by atoms with van der Waals surface area (Å²) in [6.07, 6.45) is 14.2. The van der Waals surface area contributed by atoms with Gasteiger partial charge in [-0.1, -0.05) is 92.2 Å². The average Bonchev–Trinajstić information content (AvgIpc) is 3.20. The van der Waals surface area contributed by atoms with Crippen molar-refractivity contribution in [2.45, 2.75) is 58.3 Å². The third-order valence-electron chi connectivity index (χ3n) is 9.31. The van der Waals surface area contributed by atoms with E-state index in [4.69, 9.17) is 11.6 Å². The van der Waals surface area contributed by atoms with Crippen LogP contribution in [-0.2, 0) is 5.41 Å². The second-order valence-corrected chi connectivity index (χ2v) is 13.2. The lowest BCUT2D eigenvalue weighted by molar-refractivity contribution is -0.401. The van der Waals surface area contributed by atoms with Crippen molar-refractivity contribution in [3.63, 3.8) is 0 Å². The molecule has 0 atom stereocenters. The van der Waals surface area contributed by atoms with Gasteiger partial charge in [-0.2, -0.15) is 4.58 Å². The molecule has 0 saturated heterocycles. The quantitative estimate of drug-likeness (QED) is 0.204. The highest BCUT2D eigenvalue weighted by atomic mass is 35.5. The number of benzene rings is 4. The first-order valence-corrected chi connectivity index (χ1v) is 15.9. The van der Waals surface area contributed by atoms with Gasteiger partial charge >= 0.3 is 0 Å². The fourth-order valence-electron chi connectivity index (χ4n) is 7.15. The number of rotatable bonds is 6. The van der Waals surface area contributed by atoms with E-state index in [1.807, 2.05) is 0 Å². The van der Waals surface area contributed by atoms with Crippen molar-refractivity contribution in [1.29, 1.82) is 0 Å². The van der Waals surface area contributed by atoms with Crippen LogP contribution in [0.1, 0.15) is 64.0 Å². The van der Waals surface area contributed by atoms with Crippen LogP contribution in [0.5, 0.6) is 0 Å². The van der Waals surface area contributed by atoms with Crippen LogP contribution in [0, 0.1) is 0 Å². The van der Waals surface area contributed by atoms with Gasteiger partial charge in [-0.25, -0.2) is 0 Å². The Morgan fingerprint density at radius 3 is 2.28 bits per heavy atom. The van der Waals surface area contributed by atoms with Gasteiger partial charge in [-0.05, 0) is 95.5 Å². The molecule has 1 aliphatic carbocycles. The lowest BCUT2D eigenvalue weighted by Crippen LogP contribution is -2.27. The van der Waals surface area contributed by atoms with E-state index in [2.05, 4.69) is 155 Å². The first kappa shape index (κ1) is 29.2. The van der Waals surface area contributed by atoms with E-state index in [1.165, 1.54) is 60.9 Å². The van der Waals surface area contributed by atoms with Gasteiger partial charge < -0.3 is 4.90 Å². The maximum atomic E-state index is 7.06. The van der Waals surface area contributed by atoms with Crippen LogP contribution in [0.15, 0.2) is 119 Å². The Bertz CT molecular complexity index is 1880. The molecule has 218 valence electrons. The van der Waals surface area contributed by atoms with E-state index in [0.29, 0.717) is 5.92 Å². The maximum Gasteiger partial charge on any atom is 0.210 e. The molecule has 0 aromatic heterocycles. The number of allylic oxidation sites excluding steroid dienone is 7. The highest BCUT2D eigenvalue weighted by Crippen LogP contribution is 2.44. The third kappa shape index (κ3) is 5.27. The Morgan fingerprint density at radius 2 is 1.53 bits per heavy atom. The van der Waals surface area contributed by atoms with Crippen LogP contribution >= 0.6 is 11.6 Å². The second-order valence-electron chi connectivity index (χ2n) is 12.8. The second kappa shape index (κ2) is 11.7. The zero-order valence-electron chi connectivity index (χ0n) is 26.3. The smallest absolute Gasteiger partial charge is 0.210 e. The molecule has 0 bridgehead atoms. The molecule has 0 N–H and O–H groups in total. The van der Waals surface area contributed by atoms with Crippen LogP contribution in [0.3, 0.4) is 0 Å². The SMILES string of the molecule is CC(C)c1c(N(C)/C=C/C=C2\CCCC(/C=C/C3=[N+](C)c4ccc5ccccc5c4C3(C)C)=C2Cl)ccc2ccccc12. The molecule has 1 aliphatic heterocycles. The fourth-order valence-corrected chi connectivity index (χ4v) is 7.46. The highest BCUT2D eigenvalue weighted by Gasteiger charge is 2.44. The van der Waals surface area contributed by atoms with Crippen LogP contribution < -0.4 is 4.90 Å². The minimum Gasteiger partial charge on any atom is -0.351 e. The van der Waals surface area contributed by atoms with E-state index in [-0.39, 0.29) is 5.41 Å². The van der Waals surface area contributed by atoms with Gasteiger partial charge in [0.05, 0.1) is 5.41 Å². The Kier molecular flexibility index (Phi) is 7.92. The zero-order valence-corrected chi connectivity index (χ0v) is 27.0. The maximum absolute atomic E-state index is 7.06. The highest BCUT2D eigenvalue weighted by molar-refractivity contribution is 6.32. The standard InChI is InChI=1S/C40H42ClN2/c1-27(2)37-32-18-9-7-13-28(32)20-23-34(37)42(5)26-12-17-30-15-11-16-31(39(30)41)22-25-36-40(3,4)38-33-19-10-8-14-29(33)21-24-35(38)43(36)6/h7-10,12-14,17-27H,11,15-16H2,1-6H3/q+1. The van der Waals surface area contributed by atoms with Gasteiger partial charge in [-0.15, -0.1) is 0 Å². The Morgan fingerprint density at radius 1 is 0.860 bits per heavy atom. The van der Waals surface area contributed by atoms with Gasteiger partial charge in [-0.3, -0.25) is 0 Å². The van der Waals surface area contributed by atoms with E-state index in [1.54, 1.807) is 0 Å². The van der Waals surface area contributed by atoms with Crippen molar-refractivity contribution >= 4 is 50.2 Å². The van der Waals surface area contributed by atoms with E-state index >= 15 is 0 Å². The fraction of sp³-hybridized carbons (Fsp3) is 0.275. The molecule has 0 spiro atoms. The summed E-state index contributed by atoms with van der Waals surface area (Å²) in [5, 5.41) is 6.14. The van der Waals surface area contributed by atoms with Crippen LogP contribution in [0.2, 0.25) is 0 Å². The molecule has 0 unspecified atom stereocenters. The summed E-state index contributed by atoms with van der Waals surface area (Å²) in [6.45, 7) is 9.22. The molecule has 0 radical (unpaired) electrons. The summed E-state index contributed by atoms with van der Waals surface area (Å²) in [5.41, 5.74) is 8.93. The summed E-state index contributed by atoms with van der Waals surface area (Å²) in [5.74, 6) is 0.425. The van der Waals surface area contributed by atoms with E-state index < -0.39 is 0 Å². The van der Waals surface area contributed by atoms with Crippen molar-refractivity contribution < 1.29 is 4.58 Å². The van der Waals surface area contributed by atoms with Gasteiger partial charge in [0.1, 0.15) is 7.05 Å². The summed E-state index contributed by atoms with van der Waals surface area (Å²) in [7, 11) is 4.32. The van der Waals surface area contributed by atoms with Gasteiger partial charge in [0, 0.05) is 41.7 Å². The van der Waals surface area contributed by atoms with Crippen molar-refractivity contribution in [2.75, 3.05) is 19.0 Å². The van der Waals surface area contributed by atoms with Crippen molar-refractivity contribution in [2.24, 2.45) is 0 Å². The minimum atomic E-state index is -0.104. The molecule has 0 saturated carbocycles. The molecule has 43 heavy (non-hydrogen) atoms. The van der Waals surface area contributed by atoms with Crippen molar-refractivity contribution in [1.82, 2.24) is 0 Å². The molecule has 4 aromatic rings. The molecule has 0 fully saturated rings. The topological polar surface area (TPSA) is 6.25 Å². The average molecular weight is 586 g/mol. The van der Waals surface area contributed by atoms with Gasteiger partial charge in [0.25, 0.3) is 0 Å². The Labute approximate surface area is 262 Å². The van der Waals surface area contributed by atoms with Crippen LogP contribution in [0.25, 0.3) is 21.5 Å². The number of anilines is 1. The molecular formula is C40H42ClN2+. The zero-order chi connectivity index (χ0) is 30.3. The number of nitrogens with zero attached hydrogens (tertiary/aromatic N) is 2. The first-order chi connectivity index (χ1) is 20.7. The van der Waals surface area contributed by atoms with Gasteiger partial charge in [0.15, 0.2) is 5.71 Å². The predicted octanol–water partition coefficient (Wildman–Crippen LogP) is 10.9. The number of fused-ring (bicyclic) bond motifs is 4. The molecule has 4 aromatic carbocycles. The van der Waals surface area contributed by atoms with Crippen molar-refractivity contribution in [3.05, 3.63) is 131 Å². The first-order valence-electron chi connectivity index (χ1n) is 15.5. The summed E-state index contributed by atoms with van der Waals surface area (Å²) >= 11 is 7.06. The summed E-state index contributed by atoms with van der Waals surface area (Å²) in [6, 6.07) is 26.4. The van der Waals surface area contributed by atoms with Crippen LogP contribution in [0.4, 0.5) is 11.4 Å². The monoisotopic (exact) mass is 585 g/mol. The molecule has 0 amide bonds. The number of hydrogen-bond acceptors (Lipinski definition) is 1. The Balaban J connectivity index is 1.26. The van der Waals surface area contributed by atoms with Crippen LogP contribution in [-0.4, -0.2) is 24.4 Å². The lowest BCUT2D eigenvalue weighted by Gasteiger charge is -2.23. The van der Waals surface area contributed by atoms with Crippen molar-refractivity contribution in [3.8, 4) is 0 Å². The minimum absolute atomic E-state index is 0.104. The number of hydrogen-bond donors (Lipinski definition) is 0. The van der Waals surface area contributed by atoms with E-state index in [9.17, 15) is 0 Å². The molecule has 6 rings (SSSR count). The predicted molar refractivity (Wildman–Crippen MR) is 187 cm³/mol. The molecule has 2 nitrogen and oxygen atoms in total. The Hall–Kier alpha value is -3.88. The van der Waals surface area contributed by atoms with E-state index in [0.717, 1.165) is 24.3 Å².